The summed E-state index contributed by atoms with van der Waals surface area (Å²) in [5, 5.41) is -0.173. The summed E-state index contributed by atoms with van der Waals surface area (Å²) in [6.45, 7) is 31.4. The van der Waals surface area contributed by atoms with Crippen molar-refractivity contribution in [3.05, 3.63) is 0 Å². The molecule has 41 heavy (non-hydrogen) atoms. The third-order valence-corrected chi connectivity index (χ3v) is 18.7. The van der Waals surface area contributed by atoms with Crippen molar-refractivity contribution in [3.63, 3.8) is 0 Å². The maximum absolute atomic E-state index is 14.3. The Morgan fingerprint density at radius 2 is 1.22 bits per heavy atom. The van der Waals surface area contributed by atoms with E-state index < -0.39 is 64.6 Å². The summed E-state index contributed by atoms with van der Waals surface area (Å²) < 4.78 is 38.6. The van der Waals surface area contributed by atoms with E-state index in [4.69, 9.17) is 27.8 Å². The van der Waals surface area contributed by atoms with Crippen LogP contribution in [0.2, 0.25) is 36.3 Å². The highest BCUT2D eigenvalue weighted by atomic mass is 28.4. The maximum Gasteiger partial charge on any atom is 0.235 e. The molecule has 3 fully saturated rings. The maximum atomic E-state index is 14.3. The van der Waals surface area contributed by atoms with Crippen LogP contribution in [0.5, 0.6) is 0 Å². The van der Waals surface area contributed by atoms with E-state index in [2.05, 4.69) is 67.7 Å². The average molecular weight is 616 g/mol. The average Bonchev–Trinajstić information content (AvgIpc) is 3.42. The van der Waals surface area contributed by atoms with Gasteiger partial charge in [-0.05, 0) is 70.4 Å². The first kappa shape index (κ1) is 34.8. The van der Waals surface area contributed by atoms with E-state index in [1.165, 1.54) is 11.8 Å². The molecule has 0 spiro atoms. The molecule has 238 valence electrons. The first-order chi connectivity index (χ1) is 18.3. The van der Waals surface area contributed by atoms with Gasteiger partial charge < -0.3 is 27.8 Å². The van der Waals surface area contributed by atoms with Crippen molar-refractivity contribution in [1.82, 2.24) is 4.90 Å². The van der Waals surface area contributed by atoms with Crippen LogP contribution in [0.25, 0.3) is 0 Å². The van der Waals surface area contributed by atoms with Gasteiger partial charge in [-0.1, -0.05) is 41.5 Å². The lowest BCUT2D eigenvalue weighted by atomic mass is 9.92. The molecule has 0 unspecified atom stereocenters. The summed E-state index contributed by atoms with van der Waals surface area (Å²) in [7, 11) is -4.69. The summed E-state index contributed by atoms with van der Waals surface area (Å²) in [4.78, 5) is 28.9. The Kier molecular flexibility index (Phi) is 9.65. The zero-order valence-electron chi connectivity index (χ0n) is 28.3. The van der Waals surface area contributed by atoms with Gasteiger partial charge in [-0.3, -0.25) is 14.5 Å². The van der Waals surface area contributed by atoms with E-state index in [0.29, 0.717) is 19.6 Å². The van der Waals surface area contributed by atoms with Crippen LogP contribution in [0, 0.1) is 5.92 Å². The minimum Gasteiger partial charge on any atom is -0.410 e. The Balaban J connectivity index is 2.06. The lowest BCUT2D eigenvalue weighted by Crippen LogP contribution is -2.56. The molecule has 11 heteroatoms. The van der Waals surface area contributed by atoms with Crippen LogP contribution in [-0.4, -0.2) is 88.6 Å². The predicted molar refractivity (Wildman–Crippen MR) is 163 cm³/mol. The molecule has 0 saturated carbocycles. The van der Waals surface area contributed by atoms with Gasteiger partial charge in [0.25, 0.3) is 0 Å². The molecule has 0 N–H and O–H groups in total. The van der Waals surface area contributed by atoms with E-state index in [1.807, 2.05) is 27.7 Å². The fourth-order valence-electron chi connectivity index (χ4n) is 5.36. The Hall–Kier alpha value is -0.666. The molecule has 0 bridgehead atoms. The molecular weight excluding hydrogens is 559 g/mol. The zero-order chi connectivity index (χ0) is 31.6. The molecular formula is C30H57NO8Si2. The standard InChI is InChI=1S/C30H57NO8Si2/c1-19(32)31-21(25(23-18-35-30(10,11)37-23)39-41(14,15)28(5,6)7)16-20(26(31)33)24(22-17-34-29(8,9)36-22)38-40(12,13)27(2,3)4/h20-25H,16-18H2,1-15H3/t20-,21+,22-,23+,24-,25-/m0/s1. The van der Waals surface area contributed by atoms with Crippen LogP contribution >= 0.6 is 0 Å². The van der Waals surface area contributed by atoms with Crippen molar-refractivity contribution in [2.45, 2.75) is 161 Å². The van der Waals surface area contributed by atoms with Crippen LogP contribution in [0.15, 0.2) is 0 Å². The van der Waals surface area contributed by atoms with Crippen LogP contribution in [0.3, 0.4) is 0 Å². The SMILES string of the molecule is CC(=O)N1C(=O)[C@H]([C@H](O[Si](C)(C)C(C)(C)C)[C@@H]2COC(C)(C)O2)C[C@@H]1[C@H](O[Si](C)(C)C(C)(C)C)[C@H]1COC(C)(C)O1. The van der Waals surface area contributed by atoms with Crippen molar-refractivity contribution >= 4 is 28.4 Å². The summed E-state index contributed by atoms with van der Waals surface area (Å²) >= 11 is 0. The lowest BCUT2D eigenvalue weighted by molar-refractivity contribution is -0.161. The molecule has 0 aliphatic carbocycles. The monoisotopic (exact) mass is 615 g/mol. The number of nitrogens with zero attached hydrogens (tertiary/aromatic N) is 1. The Bertz CT molecular complexity index is 984. The fourth-order valence-corrected chi connectivity index (χ4v) is 8.05. The van der Waals surface area contributed by atoms with E-state index in [0.717, 1.165) is 0 Å². The van der Waals surface area contributed by atoms with Crippen molar-refractivity contribution in [1.29, 1.82) is 0 Å². The van der Waals surface area contributed by atoms with Crippen molar-refractivity contribution in [3.8, 4) is 0 Å². The first-order valence-corrected chi connectivity index (χ1v) is 20.9. The number of amides is 2. The van der Waals surface area contributed by atoms with Crippen molar-refractivity contribution < 1.29 is 37.4 Å². The molecule has 3 heterocycles. The number of hydrogen-bond donors (Lipinski definition) is 0. The third kappa shape index (κ3) is 7.53. The van der Waals surface area contributed by atoms with Crippen LogP contribution in [-0.2, 0) is 37.4 Å². The van der Waals surface area contributed by atoms with Gasteiger partial charge in [0.15, 0.2) is 28.2 Å². The lowest BCUT2D eigenvalue weighted by Gasteiger charge is -2.43. The number of likely N-dealkylation sites (tertiary alicyclic amines) is 1. The van der Waals surface area contributed by atoms with E-state index in [9.17, 15) is 9.59 Å². The summed E-state index contributed by atoms with van der Waals surface area (Å²) in [6.07, 6.45) is -1.59. The summed E-state index contributed by atoms with van der Waals surface area (Å²) in [5.41, 5.74) is 0. The second-order valence-electron chi connectivity index (χ2n) is 16.1. The second-order valence-corrected chi connectivity index (χ2v) is 25.6. The topological polar surface area (TPSA) is 92.8 Å². The van der Waals surface area contributed by atoms with Crippen LogP contribution < -0.4 is 0 Å². The number of rotatable bonds is 8. The van der Waals surface area contributed by atoms with E-state index >= 15 is 0 Å². The quantitative estimate of drug-likeness (QED) is 0.315. The van der Waals surface area contributed by atoms with Gasteiger partial charge in [-0.15, -0.1) is 0 Å². The number of imide groups is 1. The molecule has 9 nitrogen and oxygen atoms in total. The van der Waals surface area contributed by atoms with E-state index in [-0.39, 0.29) is 21.9 Å². The summed E-state index contributed by atoms with van der Waals surface area (Å²) in [5.74, 6) is -2.71. The van der Waals surface area contributed by atoms with Crippen molar-refractivity contribution in [2.24, 2.45) is 5.92 Å². The molecule has 0 aromatic carbocycles. The number of ether oxygens (including phenoxy) is 4. The number of hydrogen-bond acceptors (Lipinski definition) is 8. The van der Waals surface area contributed by atoms with Gasteiger partial charge in [-0.25, -0.2) is 0 Å². The number of carbonyl (C=O) groups excluding carboxylic acids is 2. The molecule has 3 saturated heterocycles. The Labute approximate surface area is 250 Å². The molecule has 3 rings (SSSR count). The predicted octanol–water partition coefficient (Wildman–Crippen LogP) is 5.83. The van der Waals surface area contributed by atoms with Gasteiger partial charge in [0, 0.05) is 6.92 Å². The molecule has 3 aliphatic rings. The largest absolute Gasteiger partial charge is 0.410 e. The molecule has 0 aromatic heterocycles. The smallest absolute Gasteiger partial charge is 0.235 e. The number of carbonyl (C=O) groups is 2. The Morgan fingerprint density at radius 1 is 0.829 bits per heavy atom. The van der Waals surface area contributed by atoms with Gasteiger partial charge in [0.05, 0.1) is 37.4 Å². The van der Waals surface area contributed by atoms with Gasteiger partial charge in [0.2, 0.25) is 11.8 Å². The minimum atomic E-state index is -2.35. The normalized spacial score (nSPS) is 30.6. The second kappa shape index (κ2) is 11.4. The highest BCUT2D eigenvalue weighted by Crippen LogP contribution is 2.45. The minimum absolute atomic E-state index is 0.0854. The van der Waals surface area contributed by atoms with Crippen LogP contribution in [0.1, 0.15) is 82.6 Å². The Morgan fingerprint density at radius 3 is 1.56 bits per heavy atom. The van der Waals surface area contributed by atoms with Gasteiger partial charge >= 0.3 is 0 Å². The van der Waals surface area contributed by atoms with Crippen LogP contribution in [0.4, 0.5) is 0 Å². The first-order valence-electron chi connectivity index (χ1n) is 15.1. The zero-order valence-corrected chi connectivity index (χ0v) is 30.3. The molecule has 0 aromatic rings. The fraction of sp³-hybridized carbons (Fsp3) is 0.933. The van der Waals surface area contributed by atoms with Gasteiger partial charge in [-0.2, -0.15) is 0 Å². The van der Waals surface area contributed by atoms with Gasteiger partial charge in [0.1, 0.15) is 12.2 Å². The van der Waals surface area contributed by atoms with Crippen molar-refractivity contribution in [2.75, 3.05) is 13.2 Å². The molecule has 6 atom stereocenters. The highest BCUT2D eigenvalue weighted by Gasteiger charge is 2.58. The molecule has 2 amide bonds. The highest BCUT2D eigenvalue weighted by molar-refractivity contribution is 6.74. The molecule has 0 radical (unpaired) electrons. The summed E-state index contributed by atoms with van der Waals surface area (Å²) in [6, 6.07) is -0.525. The third-order valence-electron chi connectivity index (χ3n) is 9.76. The molecule has 3 aliphatic heterocycles. The van der Waals surface area contributed by atoms with E-state index in [1.54, 1.807) is 0 Å².